The number of aliphatic hydroxyl groups is 2. The molecule has 3 nitrogen and oxygen atoms in total. The van der Waals surface area contributed by atoms with Gasteiger partial charge in [0.2, 0.25) is 0 Å². The van der Waals surface area contributed by atoms with E-state index in [1.54, 1.807) is 12.5 Å². The molecule has 0 saturated carbocycles. The lowest BCUT2D eigenvalue weighted by atomic mass is 10.1. The fourth-order valence-corrected chi connectivity index (χ4v) is 1.75. The molecule has 0 fully saturated rings. The quantitative estimate of drug-likeness (QED) is 0.371. The summed E-state index contributed by atoms with van der Waals surface area (Å²) in [5, 5.41) is 17.2. The van der Waals surface area contributed by atoms with E-state index >= 15 is 0 Å². The van der Waals surface area contributed by atoms with Gasteiger partial charge in [-0.25, -0.2) is 0 Å². The van der Waals surface area contributed by atoms with Crippen molar-refractivity contribution in [1.29, 1.82) is 0 Å². The summed E-state index contributed by atoms with van der Waals surface area (Å²) in [4.78, 5) is 0. The zero-order chi connectivity index (χ0) is 14.0. The van der Waals surface area contributed by atoms with E-state index in [1.807, 2.05) is 12.2 Å². The highest BCUT2D eigenvalue weighted by Gasteiger charge is 1.87. The fraction of sp³-hybridized carbons (Fsp3) is 0.750. The molecule has 0 heterocycles. The third-order valence-electron chi connectivity index (χ3n) is 2.91. The number of rotatable bonds is 14. The molecule has 0 spiro atoms. The van der Waals surface area contributed by atoms with Gasteiger partial charge < -0.3 is 14.9 Å². The maximum absolute atomic E-state index is 8.62. The van der Waals surface area contributed by atoms with Gasteiger partial charge in [0.1, 0.15) is 0 Å². The van der Waals surface area contributed by atoms with Crippen LogP contribution in [0.4, 0.5) is 0 Å². The van der Waals surface area contributed by atoms with Crippen LogP contribution in [-0.4, -0.2) is 23.4 Å². The Labute approximate surface area is 118 Å². The fourth-order valence-electron chi connectivity index (χ4n) is 1.75. The van der Waals surface area contributed by atoms with Crippen LogP contribution in [0.1, 0.15) is 64.2 Å². The van der Waals surface area contributed by atoms with E-state index in [4.69, 9.17) is 14.9 Å². The predicted molar refractivity (Wildman–Crippen MR) is 79.7 cm³/mol. The largest absolute Gasteiger partial charge is 0.473 e. The van der Waals surface area contributed by atoms with Gasteiger partial charge in [0.25, 0.3) is 0 Å². The molecule has 0 saturated heterocycles. The molecule has 0 aromatic carbocycles. The Hall–Kier alpha value is -0.800. The highest BCUT2D eigenvalue weighted by Crippen LogP contribution is 2.04. The lowest BCUT2D eigenvalue weighted by Crippen LogP contribution is -1.82. The zero-order valence-electron chi connectivity index (χ0n) is 12.1. The molecule has 0 rings (SSSR count). The van der Waals surface area contributed by atoms with Crippen LogP contribution in [-0.2, 0) is 4.74 Å². The van der Waals surface area contributed by atoms with Gasteiger partial charge in [-0.05, 0) is 50.7 Å². The maximum atomic E-state index is 8.62. The van der Waals surface area contributed by atoms with Crippen molar-refractivity contribution in [3.8, 4) is 0 Å². The SMILES string of the molecule is OCCCCCCC=COC=CCCCCCCO. The van der Waals surface area contributed by atoms with Crippen molar-refractivity contribution in [2.75, 3.05) is 13.2 Å². The predicted octanol–water partition coefficient (Wildman–Crippen LogP) is 3.92. The Kier molecular flexibility index (Phi) is 16.5. The summed E-state index contributed by atoms with van der Waals surface area (Å²) in [5.74, 6) is 0. The minimum absolute atomic E-state index is 0.309. The van der Waals surface area contributed by atoms with E-state index in [2.05, 4.69) is 0 Å². The van der Waals surface area contributed by atoms with Crippen molar-refractivity contribution < 1.29 is 14.9 Å². The lowest BCUT2D eigenvalue weighted by Gasteiger charge is -1.96. The molecule has 0 aliphatic carbocycles. The van der Waals surface area contributed by atoms with E-state index in [-0.39, 0.29) is 0 Å². The van der Waals surface area contributed by atoms with Gasteiger partial charge in [-0.3, -0.25) is 0 Å². The summed E-state index contributed by atoms with van der Waals surface area (Å²) in [6.45, 7) is 0.619. The minimum Gasteiger partial charge on any atom is -0.473 e. The average Bonchev–Trinajstić information content (AvgIpc) is 2.43. The van der Waals surface area contributed by atoms with Gasteiger partial charge in [0, 0.05) is 13.2 Å². The molecule has 19 heavy (non-hydrogen) atoms. The van der Waals surface area contributed by atoms with E-state index in [9.17, 15) is 0 Å². The van der Waals surface area contributed by atoms with Crippen LogP contribution >= 0.6 is 0 Å². The standard InChI is InChI=1S/C16H30O3/c17-13-9-5-1-3-7-11-15-19-16-12-8-4-2-6-10-14-18/h11-12,15-18H,1-10,13-14H2. The molecule has 0 unspecified atom stereocenters. The number of aliphatic hydroxyl groups excluding tert-OH is 2. The highest BCUT2D eigenvalue weighted by molar-refractivity contribution is 4.79. The topological polar surface area (TPSA) is 49.7 Å². The Balaban J connectivity index is 3.14. The van der Waals surface area contributed by atoms with Crippen LogP contribution in [0.2, 0.25) is 0 Å². The summed E-state index contributed by atoms with van der Waals surface area (Å²) < 4.78 is 5.25. The van der Waals surface area contributed by atoms with Gasteiger partial charge in [0.15, 0.2) is 0 Å². The molecule has 0 aromatic rings. The van der Waals surface area contributed by atoms with Crippen molar-refractivity contribution in [3.63, 3.8) is 0 Å². The maximum Gasteiger partial charge on any atom is 0.0861 e. The van der Waals surface area contributed by atoms with E-state index < -0.39 is 0 Å². The van der Waals surface area contributed by atoms with Crippen molar-refractivity contribution in [2.24, 2.45) is 0 Å². The molecular formula is C16H30O3. The van der Waals surface area contributed by atoms with Gasteiger partial charge in [-0.15, -0.1) is 0 Å². The highest BCUT2D eigenvalue weighted by atomic mass is 16.5. The lowest BCUT2D eigenvalue weighted by molar-refractivity contribution is 0.282. The molecule has 2 N–H and O–H groups in total. The van der Waals surface area contributed by atoms with Crippen LogP contribution in [0.15, 0.2) is 24.7 Å². The smallest absolute Gasteiger partial charge is 0.0861 e. The van der Waals surface area contributed by atoms with Crippen LogP contribution in [0.5, 0.6) is 0 Å². The van der Waals surface area contributed by atoms with Crippen LogP contribution in [0.25, 0.3) is 0 Å². The normalized spacial score (nSPS) is 11.7. The van der Waals surface area contributed by atoms with E-state index in [0.29, 0.717) is 13.2 Å². The van der Waals surface area contributed by atoms with Crippen molar-refractivity contribution in [1.82, 2.24) is 0 Å². The Morgan fingerprint density at radius 1 is 0.579 bits per heavy atom. The number of hydrogen-bond donors (Lipinski definition) is 2. The molecule has 3 heteroatoms. The molecule has 0 aliphatic heterocycles. The summed E-state index contributed by atoms with van der Waals surface area (Å²) >= 11 is 0. The van der Waals surface area contributed by atoms with Gasteiger partial charge in [-0.1, -0.05) is 25.7 Å². The van der Waals surface area contributed by atoms with Crippen molar-refractivity contribution in [2.45, 2.75) is 64.2 Å². The molecule has 0 bridgehead atoms. The Morgan fingerprint density at radius 3 is 1.42 bits per heavy atom. The number of allylic oxidation sites excluding steroid dienone is 2. The van der Waals surface area contributed by atoms with Gasteiger partial charge in [-0.2, -0.15) is 0 Å². The van der Waals surface area contributed by atoms with E-state index in [1.165, 1.54) is 12.8 Å². The Bertz CT molecular complexity index is 190. The second kappa shape index (κ2) is 17.2. The monoisotopic (exact) mass is 270 g/mol. The second-order valence-corrected chi connectivity index (χ2v) is 4.73. The third kappa shape index (κ3) is 17.2. The first-order chi connectivity index (χ1) is 9.41. The molecular weight excluding hydrogens is 240 g/mol. The molecule has 0 aliphatic rings. The molecule has 0 atom stereocenters. The summed E-state index contributed by atoms with van der Waals surface area (Å²) in [6, 6.07) is 0. The summed E-state index contributed by atoms with van der Waals surface area (Å²) in [7, 11) is 0. The van der Waals surface area contributed by atoms with Crippen LogP contribution < -0.4 is 0 Å². The number of unbranched alkanes of at least 4 members (excludes halogenated alkanes) is 8. The van der Waals surface area contributed by atoms with Crippen LogP contribution in [0, 0.1) is 0 Å². The number of hydrogen-bond acceptors (Lipinski definition) is 3. The average molecular weight is 270 g/mol. The summed E-state index contributed by atoms with van der Waals surface area (Å²) in [6.07, 6.45) is 18.4. The van der Waals surface area contributed by atoms with Gasteiger partial charge in [0.05, 0.1) is 12.5 Å². The number of ether oxygens (including phenoxy) is 1. The summed E-state index contributed by atoms with van der Waals surface area (Å²) in [5.41, 5.74) is 0. The third-order valence-corrected chi connectivity index (χ3v) is 2.91. The molecule has 0 radical (unpaired) electrons. The first-order valence-corrected chi connectivity index (χ1v) is 7.59. The molecule has 0 aromatic heterocycles. The van der Waals surface area contributed by atoms with Gasteiger partial charge >= 0.3 is 0 Å². The molecule has 0 amide bonds. The second-order valence-electron chi connectivity index (χ2n) is 4.73. The van der Waals surface area contributed by atoms with Crippen molar-refractivity contribution in [3.05, 3.63) is 24.7 Å². The first kappa shape index (κ1) is 18.2. The molecule has 112 valence electrons. The van der Waals surface area contributed by atoms with E-state index in [0.717, 1.165) is 51.4 Å². The van der Waals surface area contributed by atoms with Crippen molar-refractivity contribution >= 4 is 0 Å². The Morgan fingerprint density at radius 2 is 1.00 bits per heavy atom. The minimum atomic E-state index is 0.309. The zero-order valence-corrected chi connectivity index (χ0v) is 12.1. The van der Waals surface area contributed by atoms with Crippen LogP contribution in [0.3, 0.4) is 0 Å². The first-order valence-electron chi connectivity index (χ1n) is 7.59.